The highest BCUT2D eigenvalue weighted by Gasteiger charge is 2.33. The average molecular weight is 492 g/mol. The number of thioether (sulfide) groups is 1. The lowest BCUT2D eigenvalue weighted by Crippen LogP contribution is -2.42. The maximum atomic E-state index is 13.1. The van der Waals surface area contributed by atoms with E-state index < -0.39 is 15.9 Å². The first-order valence-electron chi connectivity index (χ1n) is 10.2. The Morgan fingerprint density at radius 3 is 2.66 bits per heavy atom. The van der Waals surface area contributed by atoms with E-state index in [9.17, 15) is 13.2 Å². The average Bonchev–Trinajstić information content (AvgIpc) is 3.13. The maximum absolute atomic E-state index is 13.1. The second kappa shape index (κ2) is 9.38. The van der Waals surface area contributed by atoms with Crippen molar-refractivity contribution in [3.63, 3.8) is 0 Å². The topological polar surface area (TPSA) is 81.0 Å². The Hall–Kier alpha value is -2.14. The van der Waals surface area contributed by atoms with Gasteiger partial charge in [-0.1, -0.05) is 11.3 Å². The number of benzene rings is 2. The number of fused-ring (bicyclic) bond motifs is 1. The molecule has 1 aliphatic rings. The molecule has 0 aliphatic carbocycles. The molecule has 1 atom stereocenters. The van der Waals surface area contributed by atoms with Gasteiger partial charge >= 0.3 is 0 Å². The molecular weight excluding hydrogens is 466 g/mol. The third-order valence-corrected chi connectivity index (χ3v) is 9.35. The van der Waals surface area contributed by atoms with Crippen LogP contribution in [0.1, 0.15) is 12.8 Å². The predicted octanol–water partition coefficient (Wildman–Crippen LogP) is 3.50. The van der Waals surface area contributed by atoms with E-state index in [-0.39, 0.29) is 17.3 Å². The standard InChI is InChI=1S/C22H25N3O4S3/c1-24-19-11-8-17(30-3)13-20(19)31-22(24)23-21(26)15-5-4-12-25(14-15)32(27,28)18-9-6-16(29-2)7-10-18/h6-11,13,15H,4-5,12,14H2,1-3H3. The largest absolute Gasteiger partial charge is 0.497 e. The van der Waals surface area contributed by atoms with Crippen LogP contribution in [0.2, 0.25) is 0 Å². The van der Waals surface area contributed by atoms with E-state index in [0.717, 1.165) is 15.1 Å². The van der Waals surface area contributed by atoms with Gasteiger partial charge in [-0.05, 0) is 61.6 Å². The summed E-state index contributed by atoms with van der Waals surface area (Å²) in [4.78, 5) is 19.4. The molecular formula is C22H25N3O4S3. The van der Waals surface area contributed by atoms with Gasteiger partial charge in [-0.25, -0.2) is 8.42 Å². The number of nitrogens with zero attached hydrogens (tertiary/aromatic N) is 3. The maximum Gasteiger partial charge on any atom is 0.252 e. The van der Waals surface area contributed by atoms with Crippen molar-refractivity contribution in [2.45, 2.75) is 22.6 Å². The van der Waals surface area contributed by atoms with E-state index in [1.165, 1.54) is 34.9 Å². The zero-order chi connectivity index (χ0) is 22.9. The molecule has 0 spiro atoms. The van der Waals surface area contributed by atoms with Gasteiger partial charge in [0.05, 0.1) is 28.1 Å². The molecule has 2 heterocycles. The number of aromatic nitrogens is 1. The minimum atomic E-state index is -3.68. The van der Waals surface area contributed by atoms with Crippen LogP contribution in [0, 0.1) is 5.92 Å². The van der Waals surface area contributed by atoms with Gasteiger partial charge in [0.2, 0.25) is 10.0 Å². The number of sulfonamides is 1. The van der Waals surface area contributed by atoms with Crippen LogP contribution >= 0.6 is 23.1 Å². The van der Waals surface area contributed by atoms with E-state index in [4.69, 9.17) is 4.74 Å². The summed E-state index contributed by atoms with van der Waals surface area (Å²) in [6.45, 7) is 0.536. The first-order chi connectivity index (χ1) is 15.3. The summed E-state index contributed by atoms with van der Waals surface area (Å²) in [6, 6.07) is 12.5. The minimum absolute atomic E-state index is 0.141. The van der Waals surface area contributed by atoms with Crippen LogP contribution < -0.4 is 9.54 Å². The SMILES string of the molecule is COc1ccc(S(=O)(=O)N2CCCC(C(=O)N=c3sc4cc(SC)ccc4n3C)C2)cc1. The summed E-state index contributed by atoms with van der Waals surface area (Å²) < 4.78 is 35.7. The van der Waals surface area contributed by atoms with E-state index in [0.29, 0.717) is 29.9 Å². The molecule has 10 heteroatoms. The third kappa shape index (κ3) is 4.50. The van der Waals surface area contributed by atoms with Gasteiger partial charge in [-0.3, -0.25) is 4.79 Å². The molecule has 1 saturated heterocycles. The second-order valence-electron chi connectivity index (χ2n) is 7.61. The second-order valence-corrected chi connectivity index (χ2v) is 11.4. The Kier molecular flexibility index (Phi) is 6.75. The molecule has 1 fully saturated rings. The quantitative estimate of drug-likeness (QED) is 0.511. The summed E-state index contributed by atoms with van der Waals surface area (Å²) in [6.07, 6.45) is 3.28. The number of methoxy groups -OCH3 is 1. The van der Waals surface area contributed by atoms with Gasteiger partial charge < -0.3 is 9.30 Å². The van der Waals surface area contributed by atoms with E-state index >= 15 is 0 Å². The van der Waals surface area contributed by atoms with Gasteiger partial charge in [0.15, 0.2) is 4.80 Å². The van der Waals surface area contributed by atoms with Crippen molar-refractivity contribution >= 4 is 49.2 Å². The highest BCUT2D eigenvalue weighted by Crippen LogP contribution is 2.26. The van der Waals surface area contributed by atoms with Crippen molar-refractivity contribution in [3.8, 4) is 5.75 Å². The summed E-state index contributed by atoms with van der Waals surface area (Å²) >= 11 is 3.14. The molecule has 1 amide bonds. The van der Waals surface area contributed by atoms with Crippen molar-refractivity contribution in [2.24, 2.45) is 18.0 Å². The highest BCUT2D eigenvalue weighted by atomic mass is 32.2. The van der Waals surface area contributed by atoms with Gasteiger partial charge in [0, 0.05) is 25.0 Å². The molecule has 1 unspecified atom stereocenters. The lowest BCUT2D eigenvalue weighted by molar-refractivity contribution is -0.122. The highest BCUT2D eigenvalue weighted by molar-refractivity contribution is 7.98. The molecule has 170 valence electrons. The number of piperidine rings is 1. The van der Waals surface area contributed by atoms with Crippen LogP contribution in [0.25, 0.3) is 10.2 Å². The fourth-order valence-corrected chi connectivity index (χ4v) is 6.89. The Bertz CT molecular complexity index is 1310. The molecule has 7 nitrogen and oxygen atoms in total. The molecule has 3 aromatic rings. The number of rotatable bonds is 5. The number of hydrogen-bond donors (Lipinski definition) is 0. The molecule has 1 aromatic heterocycles. The Labute approximate surface area is 195 Å². The molecule has 32 heavy (non-hydrogen) atoms. The predicted molar refractivity (Wildman–Crippen MR) is 128 cm³/mol. The van der Waals surface area contributed by atoms with Gasteiger partial charge in [-0.2, -0.15) is 9.30 Å². The lowest BCUT2D eigenvalue weighted by atomic mass is 9.99. The van der Waals surface area contributed by atoms with Crippen molar-refractivity contribution in [1.82, 2.24) is 8.87 Å². The van der Waals surface area contributed by atoms with Gasteiger partial charge in [-0.15, -0.1) is 11.8 Å². The molecule has 0 N–H and O–H groups in total. The van der Waals surface area contributed by atoms with E-state index in [1.807, 2.05) is 30.0 Å². The lowest BCUT2D eigenvalue weighted by Gasteiger charge is -2.30. The number of ether oxygens (including phenoxy) is 1. The van der Waals surface area contributed by atoms with Crippen LogP contribution in [0.4, 0.5) is 0 Å². The number of carbonyl (C=O) groups excluding carboxylic acids is 1. The van der Waals surface area contributed by atoms with Crippen LogP contribution in [0.5, 0.6) is 5.75 Å². The number of thiazole rings is 1. The zero-order valence-corrected chi connectivity index (χ0v) is 20.6. The summed E-state index contributed by atoms with van der Waals surface area (Å²) in [5, 5.41) is 0. The molecule has 0 saturated carbocycles. The van der Waals surface area contributed by atoms with Crippen LogP contribution in [-0.2, 0) is 21.9 Å². The summed E-state index contributed by atoms with van der Waals surface area (Å²) in [5.41, 5.74) is 1.02. The summed E-state index contributed by atoms with van der Waals surface area (Å²) in [7, 11) is -0.256. The third-order valence-electron chi connectivity index (χ3n) is 5.65. The van der Waals surface area contributed by atoms with Crippen LogP contribution in [0.3, 0.4) is 0 Å². The number of aryl methyl sites for hydroxylation is 1. The Morgan fingerprint density at radius 2 is 1.97 bits per heavy atom. The van der Waals surface area contributed by atoms with E-state index in [1.54, 1.807) is 23.9 Å². The molecule has 0 radical (unpaired) electrons. The fourth-order valence-electron chi connectivity index (χ4n) is 3.79. The van der Waals surface area contributed by atoms with Crippen molar-refractivity contribution in [2.75, 3.05) is 26.5 Å². The minimum Gasteiger partial charge on any atom is -0.497 e. The van der Waals surface area contributed by atoms with E-state index in [2.05, 4.69) is 11.1 Å². The van der Waals surface area contributed by atoms with Crippen molar-refractivity contribution in [3.05, 3.63) is 47.3 Å². The molecule has 1 aliphatic heterocycles. The summed E-state index contributed by atoms with van der Waals surface area (Å²) in [5.74, 6) is -0.133. The monoisotopic (exact) mass is 491 g/mol. The number of amides is 1. The Morgan fingerprint density at radius 1 is 1.22 bits per heavy atom. The van der Waals surface area contributed by atoms with Crippen LogP contribution in [-0.4, -0.2) is 49.7 Å². The van der Waals surface area contributed by atoms with Crippen molar-refractivity contribution < 1.29 is 17.9 Å². The number of carbonyl (C=O) groups is 1. The Balaban J connectivity index is 1.57. The molecule has 0 bridgehead atoms. The fraction of sp³-hybridized carbons (Fsp3) is 0.364. The molecule has 4 rings (SSSR count). The van der Waals surface area contributed by atoms with Gasteiger partial charge in [0.25, 0.3) is 5.91 Å². The number of hydrogen-bond acceptors (Lipinski definition) is 6. The van der Waals surface area contributed by atoms with Gasteiger partial charge in [0.1, 0.15) is 5.75 Å². The molecule has 2 aromatic carbocycles. The zero-order valence-electron chi connectivity index (χ0n) is 18.1. The smallest absolute Gasteiger partial charge is 0.252 e. The first kappa shape index (κ1) is 23.0. The van der Waals surface area contributed by atoms with Crippen LogP contribution in [0.15, 0.2) is 57.2 Å². The first-order valence-corrected chi connectivity index (χ1v) is 13.7. The normalized spacial score (nSPS) is 18.2. The van der Waals surface area contributed by atoms with Crippen molar-refractivity contribution in [1.29, 1.82) is 0 Å².